The zero-order valence-corrected chi connectivity index (χ0v) is 17.6. The number of aliphatic hydroxyl groups is 1. The quantitative estimate of drug-likeness (QED) is 0.550. The first kappa shape index (κ1) is 21.2. The number of benzene rings is 1. The molecule has 2 aromatic heterocycles. The Kier molecular flexibility index (Phi) is 5.54. The molecule has 5 rings (SSSR count). The summed E-state index contributed by atoms with van der Waals surface area (Å²) in [5.41, 5.74) is 1.73. The highest BCUT2D eigenvalue weighted by molar-refractivity contribution is 5.88. The largest absolute Gasteiger partial charge is 0.431 e. The Balaban J connectivity index is 1.49. The number of aliphatic hydroxyl groups excluding tert-OH is 1. The highest BCUT2D eigenvalue weighted by atomic mass is 19.4. The van der Waals surface area contributed by atoms with E-state index in [9.17, 15) is 18.3 Å². The number of aryl methyl sites for hydroxylation is 1. The number of fused-ring (bicyclic) bond motifs is 2. The topological polar surface area (TPSA) is 77.1 Å². The van der Waals surface area contributed by atoms with Gasteiger partial charge in [-0.1, -0.05) is 24.3 Å². The van der Waals surface area contributed by atoms with Crippen LogP contribution in [0.25, 0.3) is 11.0 Å². The first-order chi connectivity index (χ1) is 15.4. The van der Waals surface area contributed by atoms with Crippen LogP contribution in [0.3, 0.4) is 0 Å². The fourth-order valence-electron chi connectivity index (χ4n) is 5.22. The average Bonchev–Trinajstić information content (AvgIpc) is 3.42. The summed E-state index contributed by atoms with van der Waals surface area (Å²) in [7, 11) is 0. The summed E-state index contributed by atoms with van der Waals surface area (Å²) in [6, 6.07) is 9.37. The van der Waals surface area contributed by atoms with Crippen molar-refractivity contribution >= 4 is 16.9 Å². The Morgan fingerprint density at radius 1 is 1.19 bits per heavy atom. The van der Waals surface area contributed by atoms with Crippen LogP contribution in [-0.4, -0.2) is 50.7 Å². The third kappa shape index (κ3) is 3.95. The second-order valence-electron chi connectivity index (χ2n) is 8.76. The summed E-state index contributed by atoms with van der Waals surface area (Å²) in [4.78, 5) is 13.0. The Morgan fingerprint density at radius 3 is 2.84 bits per heavy atom. The van der Waals surface area contributed by atoms with Crippen molar-refractivity contribution in [2.24, 2.45) is 5.92 Å². The lowest BCUT2D eigenvalue weighted by Crippen LogP contribution is -2.40. The van der Waals surface area contributed by atoms with E-state index in [-0.39, 0.29) is 30.3 Å². The maximum absolute atomic E-state index is 13.2. The number of hydrogen-bond donors (Lipinski definition) is 3. The number of nitrogens with one attached hydrogen (secondary N) is 2. The predicted molar refractivity (Wildman–Crippen MR) is 115 cm³/mol. The van der Waals surface area contributed by atoms with Crippen LogP contribution in [0.2, 0.25) is 0 Å². The number of hydrogen-bond acceptors (Lipinski definition) is 5. The van der Waals surface area contributed by atoms with Gasteiger partial charge in [-0.15, -0.1) is 0 Å². The van der Waals surface area contributed by atoms with Crippen molar-refractivity contribution in [1.82, 2.24) is 19.9 Å². The lowest BCUT2D eigenvalue weighted by atomic mass is 9.79. The van der Waals surface area contributed by atoms with Crippen molar-refractivity contribution in [3.05, 3.63) is 53.5 Å². The number of aromatic amines is 1. The number of halogens is 3. The van der Waals surface area contributed by atoms with Crippen molar-refractivity contribution in [2.45, 2.75) is 43.9 Å². The third-order valence-electron chi connectivity index (χ3n) is 6.85. The number of H-pyrrole nitrogens is 1. The summed E-state index contributed by atoms with van der Waals surface area (Å²) in [5, 5.41) is 13.5. The van der Waals surface area contributed by atoms with Crippen LogP contribution in [0.15, 0.2) is 36.7 Å². The van der Waals surface area contributed by atoms with Crippen LogP contribution in [0.4, 0.5) is 19.0 Å². The minimum Gasteiger partial charge on any atom is -0.395 e. The minimum atomic E-state index is -4.48. The van der Waals surface area contributed by atoms with Gasteiger partial charge in [-0.25, -0.2) is 9.97 Å². The van der Waals surface area contributed by atoms with Crippen LogP contribution < -0.4 is 5.32 Å². The van der Waals surface area contributed by atoms with Crippen LogP contribution >= 0.6 is 0 Å². The highest BCUT2D eigenvalue weighted by Crippen LogP contribution is 2.40. The maximum atomic E-state index is 13.2. The van der Waals surface area contributed by atoms with Gasteiger partial charge in [-0.3, -0.25) is 4.90 Å². The maximum Gasteiger partial charge on any atom is 0.431 e. The van der Waals surface area contributed by atoms with Crippen LogP contribution in [0, 0.1) is 5.92 Å². The Labute approximate surface area is 183 Å². The van der Waals surface area contributed by atoms with Crippen molar-refractivity contribution in [2.75, 3.05) is 25.0 Å². The molecule has 3 aromatic rings. The molecule has 0 saturated carbocycles. The van der Waals surface area contributed by atoms with Gasteiger partial charge in [-0.05, 0) is 55.3 Å². The number of likely N-dealkylation sites (tertiary alicyclic amines) is 1. The second-order valence-corrected chi connectivity index (χ2v) is 8.76. The fourth-order valence-corrected chi connectivity index (χ4v) is 5.22. The van der Waals surface area contributed by atoms with E-state index in [2.05, 4.69) is 37.3 Å². The molecule has 3 heterocycles. The zero-order chi connectivity index (χ0) is 22.3. The van der Waals surface area contributed by atoms with Gasteiger partial charge in [-0.2, -0.15) is 13.2 Å². The lowest BCUT2D eigenvalue weighted by molar-refractivity contribution is -0.140. The summed E-state index contributed by atoms with van der Waals surface area (Å²) in [6.45, 7) is 1.94. The lowest BCUT2D eigenvalue weighted by Gasteiger charge is -2.38. The molecule has 0 unspecified atom stereocenters. The standard InChI is InChI=1S/C23H26F3N5O/c24-23(25,26)19-10-18-21(29-19)27-13-28-22(18)30-20-15(11-31-9-3-5-16(31)12-32)8-7-14-4-1-2-6-17(14)20/h1-2,4,6,10,13,15-16,20,32H,3,5,7-9,11-12H2,(H2,27,28,29,30)/t15-,16+,20-/m1/s1. The van der Waals surface area contributed by atoms with E-state index in [1.165, 1.54) is 11.9 Å². The molecule has 2 aliphatic rings. The van der Waals surface area contributed by atoms with Gasteiger partial charge in [0.25, 0.3) is 0 Å². The molecular weight excluding hydrogens is 419 g/mol. The summed E-state index contributed by atoms with van der Waals surface area (Å²) in [5.74, 6) is 0.636. The molecule has 1 aliphatic carbocycles. The van der Waals surface area contributed by atoms with Crippen LogP contribution in [0.1, 0.15) is 42.1 Å². The second kappa shape index (κ2) is 8.37. The van der Waals surface area contributed by atoms with Gasteiger partial charge in [0.05, 0.1) is 18.0 Å². The molecule has 6 nitrogen and oxygen atoms in total. The molecule has 0 spiro atoms. The number of anilines is 1. The van der Waals surface area contributed by atoms with E-state index in [0.717, 1.165) is 50.4 Å². The fraction of sp³-hybridized carbons (Fsp3) is 0.478. The first-order valence-corrected chi connectivity index (χ1v) is 11.0. The number of rotatable bonds is 5. The van der Waals surface area contributed by atoms with E-state index < -0.39 is 11.9 Å². The Hall–Kier alpha value is -2.65. The third-order valence-corrected chi connectivity index (χ3v) is 6.85. The molecule has 9 heteroatoms. The zero-order valence-electron chi connectivity index (χ0n) is 17.6. The average molecular weight is 445 g/mol. The van der Waals surface area contributed by atoms with Crippen LogP contribution in [0.5, 0.6) is 0 Å². The summed E-state index contributed by atoms with van der Waals surface area (Å²) < 4.78 is 39.7. The number of alkyl halides is 3. The SMILES string of the molecule is OC[C@@H]1CCCN1C[C@H]1CCc2ccccc2[C@@H]1Nc1ncnc2[nH]c(C(F)(F)F)cc12. The van der Waals surface area contributed by atoms with Crippen molar-refractivity contribution in [1.29, 1.82) is 0 Å². The van der Waals surface area contributed by atoms with Gasteiger partial charge in [0.1, 0.15) is 23.5 Å². The molecule has 0 amide bonds. The van der Waals surface area contributed by atoms with E-state index in [1.807, 2.05) is 12.1 Å². The molecular formula is C23H26F3N5O. The van der Waals surface area contributed by atoms with Crippen molar-refractivity contribution < 1.29 is 18.3 Å². The van der Waals surface area contributed by atoms with E-state index in [1.54, 1.807) is 0 Å². The van der Waals surface area contributed by atoms with E-state index in [0.29, 0.717) is 11.2 Å². The Morgan fingerprint density at radius 2 is 2.03 bits per heavy atom. The first-order valence-electron chi connectivity index (χ1n) is 11.0. The molecule has 0 bridgehead atoms. The molecule has 170 valence electrons. The molecule has 0 radical (unpaired) electrons. The molecule has 3 atom stereocenters. The van der Waals surface area contributed by atoms with Crippen LogP contribution in [-0.2, 0) is 12.6 Å². The number of aromatic nitrogens is 3. The molecule has 1 aromatic carbocycles. The molecule has 32 heavy (non-hydrogen) atoms. The van der Waals surface area contributed by atoms with Gasteiger partial charge >= 0.3 is 6.18 Å². The minimum absolute atomic E-state index is 0.0952. The van der Waals surface area contributed by atoms with E-state index >= 15 is 0 Å². The molecule has 1 aliphatic heterocycles. The van der Waals surface area contributed by atoms with Gasteiger partial charge < -0.3 is 15.4 Å². The molecule has 1 saturated heterocycles. The van der Waals surface area contributed by atoms with Gasteiger partial charge in [0.15, 0.2) is 0 Å². The smallest absolute Gasteiger partial charge is 0.395 e. The molecule has 1 fully saturated rings. The Bertz CT molecular complexity index is 1100. The number of nitrogens with zero attached hydrogens (tertiary/aromatic N) is 3. The van der Waals surface area contributed by atoms with E-state index in [4.69, 9.17) is 0 Å². The summed E-state index contributed by atoms with van der Waals surface area (Å²) >= 11 is 0. The van der Waals surface area contributed by atoms with Gasteiger partial charge in [0, 0.05) is 12.6 Å². The molecule has 3 N–H and O–H groups in total. The van der Waals surface area contributed by atoms with Crippen molar-refractivity contribution in [3.8, 4) is 0 Å². The summed E-state index contributed by atoms with van der Waals surface area (Å²) in [6.07, 6.45) is 0.785. The highest BCUT2D eigenvalue weighted by Gasteiger charge is 2.36. The normalized spacial score (nSPS) is 24.1. The predicted octanol–water partition coefficient (Wildman–Crippen LogP) is 4.15. The van der Waals surface area contributed by atoms with Gasteiger partial charge in [0.2, 0.25) is 0 Å². The van der Waals surface area contributed by atoms with Crippen molar-refractivity contribution in [3.63, 3.8) is 0 Å². The monoisotopic (exact) mass is 445 g/mol.